The van der Waals surface area contributed by atoms with E-state index in [4.69, 9.17) is 0 Å². The van der Waals surface area contributed by atoms with Crippen LogP contribution in [0.4, 0.5) is 10.1 Å². The van der Waals surface area contributed by atoms with Gasteiger partial charge in [0.15, 0.2) is 0 Å². The van der Waals surface area contributed by atoms with Gasteiger partial charge in [0.25, 0.3) is 0 Å². The third-order valence-corrected chi connectivity index (χ3v) is 6.73. The summed E-state index contributed by atoms with van der Waals surface area (Å²) >= 11 is 0. The monoisotopic (exact) mass is 340 g/mol. The van der Waals surface area contributed by atoms with Gasteiger partial charge in [-0.25, -0.2) is 12.8 Å². The minimum absolute atomic E-state index is 0.0360. The van der Waals surface area contributed by atoms with Crippen molar-refractivity contribution in [3.63, 3.8) is 0 Å². The minimum atomic E-state index is -3.67. The van der Waals surface area contributed by atoms with Crippen molar-refractivity contribution < 1.29 is 17.6 Å². The SMILES string of the molecule is CC(=O)Nc1cc(S(=O)(=O)N2CC[C@@H]3CCCC[C@@H]32)ccc1F. The van der Waals surface area contributed by atoms with Crippen LogP contribution in [-0.4, -0.2) is 31.2 Å². The number of nitrogens with one attached hydrogen (secondary N) is 1. The lowest BCUT2D eigenvalue weighted by atomic mass is 9.86. The van der Waals surface area contributed by atoms with E-state index in [0.29, 0.717) is 12.5 Å². The fraction of sp³-hybridized carbons (Fsp3) is 0.562. The Morgan fingerprint density at radius 1 is 1.26 bits per heavy atom. The molecule has 126 valence electrons. The van der Waals surface area contributed by atoms with Gasteiger partial charge in [0.1, 0.15) is 5.82 Å². The number of fused-ring (bicyclic) bond motifs is 1. The summed E-state index contributed by atoms with van der Waals surface area (Å²) in [6.07, 6.45) is 5.08. The molecule has 0 spiro atoms. The molecule has 1 aliphatic heterocycles. The van der Waals surface area contributed by atoms with Crippen LogP contribution in [0.25, 0.3) is 0 Å². The molecule has 5 nitrogen and oxygen atoms in total. The van der Waals surface area contributed by atoms with Gasteiger partial charge in [0.2, 0.25) is 15.9 Å². The van der Waals surface area contributed by atoms with Crippen LogP contribution in [0.3, 0.4) is 0 Å². The van der Waals surface area contributed by atoms with Crippen LogP contribution in [0.2, 0.25) is 0 Å². The molecular formula is C16H21FN2O3S. The Balaban J connectivity index is 1.92. The minimum Gasteiger partial charge on any atom is -0.324 e. The molecule has 1 saturated heterocycles. The highest BCUT2D eigenvalue weighted by Gasteiger charge is 2.42. The highest BCUT2D eigenvalue weighted by molar-refractivity contribution is 7.89. The molecule has 1 aromatic rings. The van der Waals surface area contributed by atoms with E-state index in [1.54, 1.807) is 4.31 Å². The molecule has 1 N–H and O–H groups in total. The molecule has 1 heterocycles. The highest BCUT2D eigenvalue weighted by atomic mass is 32.2. The average molecular weight is 340 g/mol. The van der Waals surface area contributed by atoms with Crippen molar-refractivity contribution in [2.45, 2.75) is 50.0 Å². The molecule has 3 rings (SSSR count). The molecule has 0 unspecified atom stereocenters. The van der Waals surface area contributed by atoms with E-state index in [9.17, 15) is 17.6 Å². The normalized spacial score (nSPS) is 25.1. The van der Waals surface area contributed by atoms with Crippen molar-refractivity contribution in [3.8, 4) is 0 Å². The van der Waals surface area contributed by atoms with Crippen molar-refractivity contribution in [1.29, 1.82) is 0 Å². The third kappa shape index (κ3) is 3.12. The summed E-state index contributed by atoms with van der Waals surface area (Å²) in [5.74, 6) is -0.642. The van der Waals surface area contributed by atoms with Gasteiger partial charge in [0, 0.05) is 19.5 Å². The van der Waals surface area contributed by atoms with Crippen LogP contribution in [0.15, 0.2) is 23.1 Å². The first-order valence-electron chi connectivity index (χ1n) is 7.98. The maximum atomic E-state index is 13.7. The van der Waals surface area contributed by atoms with Gasteiger partial charge in [-0.3, -0.25) is 4.79 Å². The summed E-state index contributed by atoms with van der Waals surface area (Å²) in [6.45, 7) is 1.78. The van der Waals surface area contributed by atoms with Crippen LogP contribution in [0, 0.1) is 11.7 Å². The predicted octanol–water partition coefficient (Wildman–Crippen LogP) is 2.74. The topological polar surface area (TPSA) is 66.5 Å². The van der Waals surface area contributed by atoms with Crippen molar-refractivity contribution in [2.24, 2.45) is 5.92 Å². The number of benzene rings is 1. The largest absolute Gasteiger partial charge is 0.324 e. The quantitative estimate of drug-likeness (QED) is 0.920. The van der Waals surface area contributed by atoms with E-state index in [0.717, 1.165) is 38.2 Å². The zero-order valence-corrected chi connectivity index (χ0v) is 13.9. The number of hydrogen-bond acceptors (Lipinski definition) is 3. The van der Waals surface area contributed by atoms with E-state index in [1.165, 1.54) is 19.1 Å². The van der Waals surface area contributed by atoms with E-state index < -0.39 is 21.7 Å². The lowest BCUT2D eigenvalue weighted by Crippen LogP contribution is -2.39. The number of nitrogens with zero attached hydrogens (tertiary/aromatic N) is 1. The fourth-order valence-corrected chi connectivity index (χ4v) is 5.50. The molecule has 0 aromatic heterocycles. The Hall–Kier alpha value is -1.47. The summed E-state index contributed by atoms with van der Waals surface area (Å²) in [4.78, 5) is 11.2. The number of carbonyl (C=O) groups excluding carboxylic acids is 1. The Kier molecular flexibility index (Phi) is 4.42. The van der Waals surface area contributed by atoms with Gasteiger partial charge in [-0.1, -0.05) is 12.8 Å². The van der Waals surface area contributed by atoms with Gasteiger partial charge in [-0.2, -0.15) is 4.31 Å². The first kappa shape index (κ1) is 16.4. The van der Waals surface area contributed by atoms with E-state index in [2.05, 4.69) is 5.32 Å². The molecule has 2 atom stereocenters. The van der Waals surface area contributed by atoms with Crippen molar-refractivity contribution >= 4 is 21.6 Å². The maximum absolute atomic E-state index is 13.7. The molecule has 1 aromatic carbocycles. The molecule has 7 heteroatoms. The Morgan fingerprint density at radius 3 is 2.74 bits per heavy atom. The van der Waals surface area contributed by atoms with Crippen LogP contribution >= 0.6 is 0 Å². The highest BCUT2D eigenvalue weighted by Crippen LogP contribution is 2.39. The average Bonchev–Trinajstić information content (AvgIpc) is 2.93. The van der Waals surface area contributed by atoms with Crippen LogP contribution in [0.5, 0.6) is 0 Å². The molecule has 2 fully saturated rings. The lowest BCUT2D eigenvalue weighted by Gasteiger charge is -2.31. The zero-order valence-electron chi connectivity index (χ0n) is 13.1. The Morgan fingerprint density at radius 2 is 2.00 bits per heavy atom. The van der Waals surface area contributed by atoms with E-state index in [-0.39, 0.29) is 16.6 Å². The van der Waals surface area contributed by atoms with E-state index in [1.807, 2.05) is 0 Å². The second kappa shape index (κ2) is 6.20. The lowest BCUT2D eigenvalue weighted by molar-refractivity contribution is -0.114. The number of anilines is 1. The van der Waals surface area contributed by atoms with Crippen molar-refractivity contribution in [3.05, 3.63) is 24.0 Å². The molecule has 1 saturated carbocycles. The molecule has 23 heavy (non-hydrogen) atoms. The number of rotatable bonds is 3. The van der Waals surface area contributed by atoms with Crippen LogP contribution < -0.4 is 5.32 Å². The summed E-state index contributed by atoms with van der Waals surface area (Å²) < 4.78 is 41.2. The van der Waals surface area contributed by atoms with Gasteiger partial charge in [0.05, 0.1) is 10.6 Å². The smallest absolute Gasteiger partial charge is 0.243 e. The third-order valence-electron chi connectivity index (χ3n) is 4.81. The van der Waals surface area contributed by atoms with Crippen molar-refractivity contribution in [2.75, 3.05) is 11.9 Å². The molecule has 1 amide bonds. The van der Waals surface area contributed by atoms with Crippen LogP contribution in [-0.2, 0) is 14.8 Å². The van der Waals surface area contributed by atoms with Gasteiger partial charge in [-0.05, 0) is 43.4 Å². The summed E-state index contributed by atoms with van der Waals surface area (Å²) in [7, 11) is -3.67. The molecule has 1 aliphatic carbocycles. The number of halogens is 1. The molecule has 0 bridgehead atoms. The summed E-state index contributed by atoms with van der Waals surface area (Å²) in [5, 5.41) is 2.34. The van der Waals surface area contributed by atoms with E-state index >= 15 is 0 Å². The van der Waals surface area contributed by atoms with Gasteiger partial charge >= 0.3 is 0 Å². The Labute approximate surface area is 135 Å². The molecular weight excluding hydrogens is 319 g/mol. The molecule has 0 radical (unpaired) electrons. The number of hydrogen-bond donors (Lipinski definition) is 1. The summed E-state index contributed by atoms with van der Waals surface area (Å²) in [6, 6.07) is 3.63. The summed E-state index contributed by atoms with van der Waals surface area (Å²) in [5.41, 5.74) is -0.0991. The molecule has 2 aliphatic rings. The number of sulfonamides is 1. The first-order chi connectivity index (χ1) is 10.9. The predicted molar refractivity (Wildman–Crippen MR) is 85.0 cm³/mol. The fourth-order valence-electron chi connectivity index (χ4n) is 3.75. The van der Waals surface area contributed by atoms with Crippen molar-refractivity contribution in [1.82, 2.24) is 4.31 Å². The second-order valence-corrected chi connectivity index (χ2v) is 8.23. The van der Waals surface area contributed by atoms with Gasteiger partial charge < -0.3 is 5.32 Å². The standard InChI is InChI=1S/C16H21FN2O3S/c1-11(20)18-15-10-13(6-7-14(15)17)23(21,22)19-9-8-12-4-2-3-5-16(12)19/h6-7,10,12,16H,2-5,8-9H2,1H3,(H,18,20)/t12-,16-/m0/s1. The number of carbonyl (C=O) groups is 1. The number of amides is 1. The Bertz CT molecular complexity index is 720. The van der Waals surface area contributed by atoms with Crippen LogP contribution in [0.1, 0.15) is 39.0 Å². The zero-order chi connectivity index (χ0) is 16.6. The second-order valence-electron chi connectivity index (χ2n) is 6.34. The maximum Gasteiger partial charge on any atom is 0.243 e. The first-order valence-corrected chi connectivity index (χ1v) is 9.42. The van der Waals surface area contributed by atoms with Gasteiger partial charge in [-0.15, -0.1) is 0 Å².